The smallest absolute Gasteiger partial charge is 0.144 e. The normalized spacial score (nSPS) is 10.7. The van der Waals surface area contributed by atoms with Gasteiger partial charge in [0, 0.05) is 13.6 Å². The van der Waals surface area contributed by atoms with Gasteiger partial charge in [-0.2, -0.15) is 0 Å². The molecule has 1 aromatic heterocycles. The van der Waals surface area contributed by atoms with Crippen molar-refractivity contribution in [2.45, 2.75) is 6.54 Å². The van der Waals surface area contributed by atoms with Crippen molar-refractivity contribution < 1.29 is 9.13 Å². The zero-order chi connectivity index (χ0) is 13.3. The van der Waals surface area contributed by atoms with Crippen molar-refractivity contribution in [3.05, 3.63) is 34.3 Å². The van der Waals surface area contributed by atoms with Gasteiger partial charge in [0.25, 0.3) is 0 Å². The van der Waals surface area contributed by atoms with E-state index in [9.17, 15) is 4.39 Å². The number of benzene rings is 1. The molecule has 4 nitrogen and oxygen atoms in total. The van der Waals surface area contributed by atoms with Crippen molar-refractivity contribution in [1.82, 2.24) is 9.55 Å². The van der Waals surface area contributed by atoms with Gasteiger partial charge in [0.15, 0.2) is 0 Å². The molecule has 0 aliphatic rings. The molecular weight excluding hydrogens is 301 g/mol. The standard InChI is InChI=1S/C12H13BrFN3O/c1-17-11(13)9(6-15)16-12(17)8-5-7(14)3-4-10(8)18-2/h3-5H,6,15H2,1-2H3. The molecule has 0 unspecified atom stereocenters. The average molecular weight is 314 g/mol. The fraction of sp³-hybridized carbons (Fsp3) is 0.250. The first-order valence-corrected chi connectivity index (χ1v) is 6.12. The molecule has 0 radical (unpaired) electrons. The van der Waals surface area contributed by atoms with Crippen molar-refractivity contribution in [2.24, 2.45) is 12.8 Å². The molecule has 0 atom stereocenters. The molecule has 0 aliphatic carbocycles. The van der Waals surface area contributed by atoms with Gasteiger partial charge in [-0.1, -0.05) is 0 Å². The molecule has 0 bridgehead atoms. The minimum absolute atomic E-state index is 0.312. The lowest BCUT2D eigenvalue weighted by Crippen LogP contribution is -1.97. The fourth-order valence-electron chi connectivity index (χ4n) is 1.76. The van der Waals surface area contributed by atoms with Crippen LogP contribution < -0.4 is 10.5 Å². The molecule has 96 valence electrons. The summed E-state index contributed by atoms with van der Waals surface area (Å²) in [6.07, 6.45) is 0. The van der Waals surface area contributed by atoms with Crippen LogP contribution in [0.15, 0.2) is 22.8 Å². The largest absolute Gasteiger partial charge is 0.496 e. The highest BCUT2D eigenvalue weighted by molar-refractivity contribution is 9.10. The van der Waals surface area contributed by atoms with Gasteiger partial charge < -0.3 is 15.0 Å². The van der Waals surface area contributed by atoms with E-state index in [2.05, 4.69) is 20.9 Å². The van der Waals surface area contributed by atoms with Gasteiger partial charge in [0.1, 0.15) is 22.0 Å². The Morgan fingerprint density at radius 2 is 2.22 bits per heavy atom. The maximum Gasteiger partial charge on any atom is 0.144 e. The first-order chi connectivity index (χ1) is 8.58. The van der Waals surface area contributed by atoms with E-state index in [1.165, 1.54) is 12.1 Å². The van der Waals surface area contributed by atoms with E-state index in [1.54, 1.807) is 17.7 Å². The van der Waals surface area contributed by atoms with Gasteiger partial charge in [0.05, 0.1) is 18.4 Å². The van der Waals surface area contributed by atoms with E-state index in [0.717, 1.165) is 10.3 Å². The number of hydrogen-bond acceptors (Lipinski definition) is 3. The lowest BCUT2D eigenvalue weighted by atomic mass is 10.2. The third-order valence-corrected chi connectivity index (χ3v) is 3.68. The van der Waals surface area contributed by atoms with Crippen molar-refractivity contribution in [2.75, 3.05) is 7.11 Å². The lowest BCUT2D eigenvalue weighted by molar-refractivity contribution is 0.415. The first kappa shape index (κ1) is 13.0. The van der Waals surface area contributed by atoms with Crippen LogP contribution in [-0.4, -0.2) is 16.7 Å². The minimum atomic E-state index is -0.334. The lowest BCUT2D eigenvalue weighted by Gasteiger charge is -2.08. The highest BCUT2D eigenvalue weighted by Crippen LogP contribution is 2.32. The Balaban J connectivity index is 2.64. The van der Waals surface area contributed by atoms with Crippen molar-refractivity contribution >= 4 is 15.9 Å². The van der Waals surface area contributed by atoms with Crippen molar-refractivity contribution in [1.29, 1.82) is 0 Å². The third-order valence-electron chi connectivity index (χ3n) is 2.69. The third kappa shape index (κ3) is 2.13. The number of aromatic nitrogens is 2. The monoisotopic (exact) mass is 313 g/mol. The Labute approximate surface area is 113 Å². The fourth-order valence-corrected chi connectivity index (χ4v) is 2.18. The van der Waals surface area contributed by atoms with E-state index >= 15 is 0 Å². The molecule has 2 rings (SSSR count). The average Bonchev–Trinajstić information content (AvgIpc) is 2.66. The Bertz CT molecular complexity index is 583. The molecule has 0 aliphatic heterocycles. The maximum atomic E-state index is 13.4. The van der Waals surface area contributed by atoms with Crippen LogP contribution in [0.25, 0.3) is 11.4 Å². The highest BCUT2D eigenvalue weighted by atomic mass is 79.9. The molecule has 1 aromatic carbocycles. The molecule has 6 heteroatoms. The maximum absolute atomic E-state index is 13.4. The summed E-state index contributed by atoms with van der Waals surface area (Å²) in [4.78, 5) is 4.39. The van der Waals surface area contributed by atoms with Crippen molar-refractivity contribution in [3.63, 3.8) is 0 Å². The highest BCUT2D eigenvalue weighted by Gasteiger charge is 2.16. The number of imidazole rings is 1. The minimum Gasteiger partial charge on any atom is -0.496 e. The number of rotatable bonds is 3. The van der Waals surface area contributed by atoms with E-state index in [0.29, 0.717) is 23.7 Å². The SMILES string of the molecule is COc1ccc(F)cc1-c1nc(CN)c(Br)n1C. The number of nitrogens with zero attached hydrogens (tertiary/aromatic N) is 2. The molecule has 0 saturated carbocycles. The second kappa shape index (κ2) is 5.07. The van der Waals surface area contributed by atoms with Gasteiger partial charge in [-0.3, -0.25) is 0 Å². The van der Waals surface area contributed by atoms with Gasteiger partial charge in [0.2, 0.25) is 0 Å². The van der Waals surface area contributed by atoms with Crippen LogP contribution in [0.4, 0.5) is 4.39 Å². The summed E-state index contributed by atoms with van der Waals surface area (Å²) >= 11 is 3.41. The van der Waals surface area contributed by atoms with E-state index < -0.39 is 0 Å². The molecule has 2 N–H and O–H groups in total. The Hall–Kier alpha value is -1.40. The topological polar surface area (TPSA) is 53.1 Å². The molecule has 1 heterocycles. The predicted molar refractivity (Wildman–Crippen MR) is 70.7 cm³/mol. The quantitative estimate of drug-likeness (QED) is 0.947. The van der Waals surface area contributed by atoms with Gasteiger partial charge in [-0.15, -0.1) is 0 Å². The summed E-state index contributed by atoms with van der Waals surface area (Å²) < 4.78 is 21.2. The van der Waals surface area contributed by atoms with Crippen molar-refractivity contribution in [3.8, 4) is 17.1 Å². The number of halogens is 2. The van der Waals surface area contributed by atoms with E-state index in [4.69, 9.17) is 10.5 Å². The summed E-state index contributed by atoms with van der Waals surface area (Å²) in [5.41, 5.74) is 6.92. The van der Waals surface area contributed by atoms with Crippen LogP contribution >= 0.6 is 15.9 Å². The van der Waals surface area contributed by atoms with E-state index in [-0.39, 0.29) is 5.82 Å². The number of nitrogens with two attached hydrogens (primary N) is 1. The second-order valence-electron chi connectivity index (χ2n) is 3.78. The zero-order valence-corrected chi connectivity index (χ0v) is 11.7. The van der Waals surface area contributed by atoms with Crippen LogP contribution in [0.1, 0.15) is 5.69 Å². The Kier molecular flexibility index (Phi) is 3.68. The van der Waals surface area contributed by atoms with Crippen LogP contribution in [-0.2, 0) is 13.6 Å². The number of ether oxygens (including phenoxy) is 1. The zero-order valence-electron chi connectivity index (χ0n) is 10.1. The molecule has 18 heavy (non-hydrogen) atoms. The predicted octanol–water partition coefficient (Wildman–Crippen LogP) is 2.46. The molecule has 0 fully saturated rings. The molecular formula is C12H13BrFN3O. The summed E-state index contributed by atoms with van der Waals surface area (Å²) in [7, 11) is 3.37. The molecule has 0 saturated heterocycles. The summed E-state index contributed by atoms with van der Waals surface area (Å²) in [5.74, 6) is 0.846. The second-order valence-corrected chi connectivity index (χ2v) is 4.53. The van der Waals surface area contributed by atoms with E-state index in [1.807, 2.05) is 7.05 Å². The first-order valence-electron chi connectivity index (χ1n) is 5.33. The van der Waals surface area contributed by atoms with Crippen LogP contribution in [0.2, 0.25) is 0 Å². The van der Waals surface area contributed by atoms with Gasteiger partial charge >= 0.3 is 0 Å². The Morgan fingerprint density at radius 1 is 1.50 bits per heavy atom. The van der Waals surface area contributed by atoms with Crippen LogP contribution in [0.3, 0.4) is 0 Å². The van der Waals surface area contributed by atoms with Gasteiger partial charge in [-0.25, -0.2) is 9.37 Å². The number of methoxy groups -OCH3 is 1. The molecule has 2 aromatic rings. The molecule has 0 spiro atoms. The van der Waals surface area contributed by atoms with Crippen LogP contribution in [0, 0.1) is 5.82 Å². The Morgan fingerprint density at radius 3 is 2.78 bits per heavy atom. The summed E-state index contributed by atoms with van der Waals surface area (Å²) in [6, 6.07) is 4.33. The van der Waals surface area contributed by atoms with Crippen LogP contribution in [0.5, 0.6) is 5.75 Å². The summed E-state index contributed by atoms with van der Waals surface area (Å²) in [6.45, 7) is 0.312. The summed E-state index contributed by atoms with van der Waals surface area (Å²) in [5, 5.41) is 0. The van der Waals surface area contributed by atoms with Gasteiger partial charge in [-0.05, 0) is 34.1 Å². The number of hydrogen-bond donors (Lipinski definition) is 1. The molecule has 0 amide bonds.